The van der Waals surface area contributed by atoms with Crippen LogP contribution in [0.4, 0.5) is 5.82 Å². The third kappa shape index (κ3) is 2.66. The Morgan fingerprint density at radius 1 is 1.15 bits per heavy atom. The largest absolute Gasteiger partial charge is 0.382 e. The summed E-state index contributed by atoms with van der Waals surface area (Å²) >= 11 is 0. The van der Waals surface area contributed by atoms with Crippen LogP contribution in [-0.4, -0.2) is 37.4 Å². The van der Waals surface area contributed by atoms with Crippen molar-refractivity contribution < 1.29 is 21.4 Å². The molecule has 0 saturated carbocycles. The Balaban J connectivity index is 2.51. The van der Waals surface area contributed by atoms with Crippen molar-refractivity contribution in [2.75, 3.05) is 12.0 Å². The van der Waals surface area contributed by atoms with Crippen LogP contribution >= 0.6 is 0 Å². The minimum atomic E-state index is -4.29. The highest BCUT2D eigenvalue weighted by atomic mass is 32.2. The Morgan fingerprint density at radius 2 is 1.70 bits per heavy atom. The van der Waals surface area contributed by atoms with E-state index in [1.807, 2.05) is 0 Å². The molecular formula is C10H11N3O5S2. The SMILES string of the molecule is CS(=O)(=O)c1cnn(-c2ccc(S(=O)(=O)O)cc2)c1N. The zero-order chi connectivity index (χ0) is 15.1. The highest BCUT2D eigenvalue weighted by Crippen LogP contribution is 2.22. The van der Waals surface area contributed by atoms with Crippen molar-refractivity contribution in [3.63, 3.8) is 0 Å². The van der Waals surface area contributed by atoms with Gasteiger partial charge in [0.25, 0.3) is 10.1 Å². The van der Waals surface area contributed by atoms with Gasteiger partial charge in [-0.2, -0.15) is 13.5 Å². The van der Waals surface area contributed by atoms with Gasteiger partial charge in [-0.3, -0.25) is 4.55 Å². The first-order chi connectivity index (χ1) is 9.10. The quantitative estimate of drug-likeness (QED) is 0.767. The van der Waals surface area contributed by atoms with Crippen molar-refractivity contribution in [2.24, 2.45) is 0 Å². The first-order valence-corrected chi connectivity index (χ1v) is 8.55. The molecule has 0 aliphatic carbocycles. The van der Waals surface area contributed by atoms with Crippen molar-refractivity contribution in [2.45, 2.75) is 9.79 Å². The number of hydrogen-bond acceptors (Lipinski definition) is 6. The summed E-state index contributed by atoms with van der Waals surface area (Å²) in [5.74, 6) is -0.0768. The lowest BCUT2D eigenvalue weighted by Crippen LogP contribution is -2.06. The molecule has 1 heterocycles. The topological polar surface area (TPSA) is 132 Å². The molecule has 0 spiro atoms. The second-order valence-corrected chi connectivity index (χ2v) is 7.45. The molecule has 2 aromatic rings. The summed E-state index contributed by atoms with van der Waals surface area (Å²) in [4.78, 5) is -0.397. The van der Waals surface area contributed by atoms with E-state index in [1.54, 1.807) is 0 Å². The van der Waals surface area contributed by atoms with E-state index in [0.29, 0.717) is 5.69 Å². The lowest BCUT2D eigenvalue weighted by molar-refractivity contribution is 0.483. The molecule has 0 fully saturated rings. The molecular weight excluding hydrogens is 306 g/mol. The summed E-state index contributed by atoms with van der Waals surface area (Å²) in [5, 5.41) is 3.84. The monoisotopic (exact) mass is 317 g/mol. The molecule has 0 aliphatic heterocycles. The Hall–Kier alpha value is -1.91. The Morgan fingerprint density at radius 3 is 2.10 bits per heavy atom. The maximum absolute atomic E-state index is 11.4. The Kier molecular flexibility index (Phi) is 3.32. The fraction of sp³-hybridized carbons (Fsp3) is 0.100. The number of nitrogens with zero attached hydrogens (tertiary/aromatic N) is 2. The summed E-state index contributed by atoms with van der Waals surface area (Å²) in [5.41, 5.74) is 6.06. The molecule has 10 heteroatoms. The van der Waals surface area contributed by atoms with Crippen LogP contribution in [0.15, 0.2) is 40.3 Å². The molecule has 0 amide bonds. The molecule has 0 saturated heterocycles. The van der Waals surface area contributed by atoms with Gasteiger partial charge in [0.2, 0.25) is 0 Å². The predicted molar refractivity (Wildman–Crippen MR) is 70.9 cm³/mol. The molecule has 108 valence electrons. The smallest absolute Gasteiger partial charge is 0.294 e. The first-order valence-electron chi connectivity index (χ1n) is 5.22. The summed E-state index contributed by atoms with van der Waals surface area (Å²) < 4.78 is 54.7. The van der Waals surface area contributed by atoms with Gasteiger partial charge >= 0.3 is 0 Å². The zero-order valence-electron chi connectivity index (χ0n) is 10.3. The summed E-state index contributed by atoms with van der Waals surface area (Å²) in [7, 11) is -7.78. The fourth-order valence-electron chi connectivity index (χ4n) is 1.59. The average Bonchev–Trinajstić information content (AvgIpc) is 2.70. The highest BCUT2D eigenvalue weighted by molar-refractivity contribution is 7.90. The average molecular weight is 317 g/mol. The van der Waals surface area contributed by atoms with Gasteiger partial charge in [0, 0.05) is 6.26 Å². The van der Waals surface area contributed by atoms with Crippen LogP contribution in [0.2, 0.25) is 0 Å². The van der Waals surface area contributed by atoms with E-state index in [4.69, 9.17) is 10.3 Å². The first kappa shape index (κ1) is 14.5. The lowest BCUT2D eigenvalue weighted by Gasteiger charge is -2.05. The van der Waals surface area contributed by atoms with Gasteiger partial charge < -0.3 is 5.73 Å². The van der Waals surface area contributed by atoms with Gasteiger partial charge in [-0.05, 0) is 24.3 Å². The standard InChI is InChI=1S/C10H11N3O5S2/c1-19(14,15)9-6-12-13(10(9)11)7-2-4-8(5-3-7)20(16,17)18/h2-6H,11H2,1H3,(H,16,17,18). The van der Waals surface area contributed by atoms with E-state index in [-0.39, 0.29) is 15.6 Å². The predicted octanol–water partition coefficient (Wildman–Crippen LogP) is 0.105. The minimum absolute atomic E-state index is 0.0768. The number of hydrogen-bond donors (Lipinski definition) is 2. The number of benzene rings is 1. The summed E-state index contributed by atoms with van der Waals surface area (Å²) in [6.45, 7) is 0. The third-order valence-electron chi connectivity index (χ3n) is 2.55. The molecule has 8 nitrogen and oxygen atoms in total. The van der Waals surface area contributed by atoms with Crippen LogP contribution in [0.5, 0.6) is 0 Å². The van der Waals surface area contributed by atoms with Crippen molar-refractivity contribution >= 4 is 25.8 Å². The summed E-state index contributed by atoms with van der Waals surface area (Å²) in [6.07, 6.45) is 2.12. The van der Waals surface area contributed by atoms with Gasteiger partial charge in [0.05, 0.1) is 16.8 Å². The molecule has 0 aliphatic rings. The molecule has 1 aromatic carbocycles. The van der Waals surface area contributed by atoms with Crippen LogP contribution in [0.3, 0.4) is 0 Å². The molecule has 20 heavy (non-hydrogen) atoms. The van der Waals surface area contributed by atoms with E-state index in [0.717, 1.165) is 29.3 Å². The number of anilines is 1. The lowest BCUT2D eigenvalue weighted by atomic mass is 10.3. The van der Waals surface area contributed by atoms with E-state index >= 15 is 0 Å². The minimum Gasteiger partial charge on any atom is -0.382 e. The van der Waals surface area contributed by atoms with Crippen molar-refractivity contribution in [1.29, 1.82) is 0 Å². The number of nitrogens with two attached hydrogens (primary N) is 1. The van der Waals surface area contributed by atoms with Gasteiger partial charge in [0.1, 0.15) is 10.7 Å². The van der Waals surface area contributed by atoms with Crippen molar-refractivity contribution in [3.05, 3.63) is 30.5 Å². The normalized spacial score (nSPS) is 12.5. The van der Waals surface area contributed by atoms with E-state index in [2.05, 4.69) is 5.10 Å². The third-order valence-corrected chi connectivity index (χ3v) is 4.53. The fourth-order valence-corrected chi connectivity index (χ4v) is 2.78. The number of sulfone groups is 1. The molecule has 0 atom stereocenters. The van der Waals surface area contributed by atoms with Gasteiger partial charge in [0.15, 0.2) is 9.84 Å². The molecule has 0 bridgehead atoms. The van der Waals surface area contributed by atoms with Crippen molar-refractivity contribution in [3.8, 4) is 5.69 Å². The number of aromatic nitrogens is 2. The maximum atomic E-state index is 11.4. The Labute approximate surface area is 115 Å². The van der Waals surface area contributed by atoms with Crippen LogP contribution in [-0.2, 0) is 20.0 Å². The molecule has 1 aromatic heterocycles. The summed E-state index contributed by atoms with van der Waals surface area (Å²) in [6, 6.07) is 5.01. The van der Waals surface area contributed by atoms with Crippen LogP contribution in [0.1, 0.15) is 0 Å². The second kappa shape index (κ2) is 4.58. The number of nitrogen functional groups attached to an aromatic ring is 1. The van der Waals surface area contributed by atoms with E-state index in [9.17, 15) is 16.8 Å². The molecule has 2 rings (SSSR count). The van der Waals surface area contributed by atoms with Gasteiger partial charge in [-0.15, -0.1) is 0 Å². The molecule has 3 N–H and O–H groups in total. The highest BCUT2D eigenvalue weighted by Gasteiger charge is 2.18. The van der Waals surface area contributed by atoms with Crippen molar-refractivity contribution in [1.82, 2.24) is 9.78 Å². The Bertz CT molecular complexity index is 851. The van der Waals surface area contributed by atoms with Crippen LogP contribution in [0.25, 0.3) is 5.69 Å². The second-order valence-electron chi connectivity index (χ2n) is 4.05. The van der Waals surface area contributed by atoms with Crippen LogP contribution < -0.4 is 5.73 Å². The zero-order valence-corrected chi connectivity index (χ0v) is 11.9. The molecule has 0 radical (unpaired) electrons. The van der Waals surface area contributed by atoms with E-state index in [1.165, 1.54) is 12.1 Å². The molecule has 0 unspecified atom stereocenters. The van der Waals surface area contributed by atoms with Gasteiger partial charge in [-0.25, -0.2) is 13.1 Å². The van der Waals surface area contributed by atoms with E-state index < -0.39 is 20.0 Å². The van der Waals surface area contributed by atoms with Gasteiger partial charge in [-0.1, -0.05) is 0 Å². The maximum Gasteiger partial charge on any atom is 0.294 e. The number of rotatable bonds is 3. The van der Waals surface area contributed by atoms with Crippen LogP contribution in [0, 0.1) is 0 Å².